The zero-order valence-corrected chi connectivity index (χ0v) is 14.9. The van der Waals surface area contributed by atoms with E-state index in [2.05, 4.69) is 13.8 Å². The Morgan fingerprint density at radius 1 is 0.524 bits per heavy atom. The van der Waals surface area contributed by atoms with E-state index in [9.17, 15) is 0 Å². The van der Waals surface area contributed by atoms with E-state index >= 15 is 0 Å². The molecule has 0 aromatic rings. The van der Waals surface area contributed by atoms with Crippen LogP contribution in [0.2, 0.25) is 0 Å². The third kappa shape index (κ3) is 5.95. The fourth-order valence-electron chi connectivity index (χ4n) is 5.16. The van der Waals surface area contributed by atoms with Crippen molar-refractivity contribution in [2.75, 3.05) is 0 Å². The molecular weight excluding hydrogens is 252 g/mol. The Labute approximate surface area is 134 Å². The lowest BCUT2D eigenvalue weighted by molar-refractivity contribution is 0.140. The molecule has 2 saturated carbocycles. The Kier molecular flexibility index (Phi) is 8.19. The van der Waals surface area contributed by atoms with Gasteiger partial charge < -0.3 is 0 Å². The number of rotatable bonds is 8. The predicted octanol–water partition coefficient (Wildman–Crippen LogP) is 7.37. The van der Waals surface area contributed by atoms with Gasteiger partial charge in [-0.15, -0.1) is 0 Å². The second-order valence-electron chi connectivity index (χ2n) is 8.20. The highest BCUT2D eigenvalue weighted by molar-refractivity contribution is 4.82. The highest BCUT2D eigenvalue weighted by atomic mass is 14.4. The van der Waals surface area contributed by atoms with Crippen molar-refractivity contribution in [2.24, 2.45) is 23.7 Å². The van der Waals surface area contributed by atoms with Crippen LogP contribution in [0.4, 0.5) is 0 Å². The van der Waals surface area contributed by atoms with Crippen LogP contribution >= 0.6 is 0 Å². The van der Waals surface area contributed by atoms with Crippen molar-refractivity contribution in [3.63, 3.8) is 0 Å². The van der Waals surface area contributed by atoms with Crippen molar-refractivity contribution in [3.8, 4) is 0 Å². The quantitative estimate of drug-likeness (QED) is 0.410. The van der Waals surface area contributed by atoms with Crippen LogP contribution in [-0.2, 0) is 0 Å². The molecule has 0 heterocycles. The molecule has 0 nitrogen and oxygen atoms in total. The van der Waals surface area contributed by atoms with Gasteiger partial charge in [0.25, 0.3) is 0 Å². The summed E-state index contributed by atoms with van der Waals surface area (Å²) in [6, 6.07) is 0. The van der Waals surface area contributed by atoms with Crippen LogP contribution < -0.4 is 0 Å². The standard InChI is InChI=1S/C21H40/c1-3-5-6-7-9-19-12-16-21(17-13-19)20-14-10-18(8-4-2)11-15-20/h18-21H,3-17H2,1-2H3/t18-,19-,20-,21-. The number of hydrogen-bond acceptors (Lipinski definition) is 0. The molecule has 0 aliphatic heterocycles. The molecule has 0 spiro atoms. The Morgan fingerprint density at radius 3 is 1.52 bits per heavy atom. The van der Waals surface area contributed by atoms with Crippen molar-refractivity contribution in [3.05, 3.63) is 0 Å². The molecule has 2 aliphatic carbocycles. The third-order valence-corrected chi connectivity index (χ3v) is 6.61. The normalized spacial score (nSPS) is 34.0. The van der Waals surface area contributed by atoms with E-state index in [4.69, 9.17) is 0 Å². The van der Waals surface area contributed by atoms with E-state index in [1.54, 1.807) is 51.4 Å². The van der Waals surface area contributed by atoms with Gasteiger partial charge in [0, 0.05) is 0 Å². The minimum atomic E-state index is 1.08. The fraction of sp³-hybridized carbons (Fsp3) is 1.00. The van der Waals surface area contributed by atoms with Crippen molar-refractivity contribution in [1.29, 1.82) is 0 Å². The molecule has 0 N–H and O–H groups in total. The van der Waals surface area contributed by atoms with Gasteiger partial charge in [0.05, 0.1) is 0 Å². The molecule has 0 amide bonds. The summed E-state index contributed by atoms with van der Waals surface area (Å²) in [7, 11) is 0. The van der Waals surface area contributed by atoms with Crippen molar-refractivity contribution < 1.29 is 0 Å². The molecule has 2 fully saturated rings. The van der Waals surface area contributed by atoms with Gasteiger partial charge in [-0.05, 0) is 49.4 Å². The highest BCUT2D eigenvalue weighted by Gasteiger charge is 2.30. The zero-order chi connectivity index (χ0) is 14.9. The lowest BCUT2D eigenvalue weighted by Crippen LogP contribution is -2.25. The van der Waals surface area contributed by atoms with Crippen LogP contribution in [0.25, 0.3) is 0 Å². The monoisotopic (exact) mass is 292 g/mol. The molecule has 0 aromatic carbocycles. The predicted molar refractivity (Wildman–Crippen MR) is 94.6 cm³/mol. The highest BCUT2D eigenvalue weighted by Crippen LogP contribution is 2.43. The summed E-state index contributed by atoms with van der Waals surface area (Å²) in [6.07, 6.45) is 22.8. The van der Waals surface area contributed by atoms with Crippen molar-refractivity contribution >= 4 is 0 Å². The van der Waals surface area contributed by atoms with Gasteiger partial charge in [-0.3, -0.25) is 0 Å². The number of unbranched alkanes of at least 4 members (excludes halogenated alkanes) is 3. The van der Waals surface area contributed by atoms with Crippen molar-refractivity contribution in [2.45, 2.75) is 110 Å². The fourth-order valence-corrected chi connectivity index (χ4v) is 5.16. The second-order valence-corrected chi connectivity index (χ2v) is 8.20. The van der Waals surface area contributed by atoms with Gasteiger partial charge in [0.1, 0.15) is 0 Å². The lowest BCUT2D eigenvalue weighted by Gasteiger charge is -2.38. The SMILES string of the molecule is CCCCCC[C@H]1CC[C@H]([C@H]2CC[C@H](CCC)CC2)CC1. The summed E-state index contributed by atoms with van der Waals surface area (Å²) < 4.78 is 0. The molecule has 0 heteroatoms. The van der Waals surface area contributed by atoms with Gasteiger partial charge >= 0.3 is 0 Å². The van der Waals surface area contributed by atoms with Crippen LogP contribution in [0.5, 0.6) is 0 Å². The summed E-state index contributed by atoms with van der Waals surface area (Å²) in [5.74, 6) is 4.40. The van der Waals surface area contributed by atoms with Crippen LogP contribution in [0.3, 0.4) is 0 Å². The molecule has 124 valence electrons. The molecule has 2 aliphatic rings. The maximum absolute atomic E-state index is 2.36. The topological polar surface area (TPSA) is 0 Å². The molecule has 0 atom stereocenters. The van der Waals surface area contributed by atoms with E-state index in [1.807, 2.05) is 0 Å². The Bertz CT molecular complexity index is 241. The minimum absolute atomic E-state index is 1.08. The largest absolute Gasteiger partial charge is 0.0654 e. The van der Waals surface area contributed by atoms with Crippen LogP contribution in [-0.4, -0.2) is 0 Å². The van der Waals surface area contributed by atoms with Gasteiger partial charge in [0.2, 0.25) is 0 Å². The average Bonchev–Trinajstić information content (AvgIpc) is 2.53. The molecule has 21 heavy (non-hydrogen) atoms. The van der Waals surface area contributed by atoms with Gasteiger partial charge in [0.15, 0.2) is 0 Å². The summed E-state index contributed by atoms with van der Waals surface area (Å²) in [6.45, 7) is 4.67. The first-order chi connectivity index (χ1) is 10.3. The average molecular weight is 293 g/mol. The summed E-state index contributed by atoms with van der Waals surface area (Å²) in [5.41, 5.74) is 0. The molecule has 2 rings (SSSR count). The molecule has 0 radical (unpaired) electrons. The Morgan fingerprint density at radius 2 is 1.05 bits per heavy atom. The summed E-state index contributed by atoms with van der Waals surface area (Å²) in [4.78, 5) is 0. The third-order valence-electron chi connectivity index (χ3n) is 6.61. The number of hydrogen-bond donors (Lipinski definition) is 0. The molecule has 0 bridgehead atoms. The Hall–Kier alpha value is 0. The van der Waals surface area contributed by atoms with E-state index in [-0.39, 0.29) is 0 Å². The van der Waals surface area contributed by atoms with E-state index < -0.39 is 0 Å². The first kappa shape index (κ1) is 17.4. The van der Waals surface area contributed by atoms with E-state index in [0.717, 1.165) is 23.7 Å². The van der Waals surface area contributed by atoms with Crippen molar-refractivity contribution in [1.82, 2.24) is 0 Å². The van der Waals surface area contributed by atoms with Gasteiger partial charge in [-0.2, -0.15) is 0 Å². The van der Waals surface area contributed by atoms with E-state index in [1.165, 1.54) is 44.9 Å². The van der Waals surface area contributed by atoms with Crippen LogP contribution in [0.15, 0.2) is 0 Å². The zero-order valence-electron chi connectivity index (χ0n) is 14.9. The minimum Gasteiger partial charge on any atom is -0.0654 e. The maximum atomic E-state index is 2.36. The van der Waals surface area contributed by atoms with Gasteiger partial charge in [-0.25, -0.2) is 0 Å². The van der Waals surface area contributed by atoms with Crippen LogP contribution in [0.1, 0.15) is 110 Å². The maximum Gasteiger partial charge on any atom is -0.0386 e. The summed E-state index contributed by atoms with van der Waals surface area (Å²) >= 11 is 0. The first-order valence-electron chi connectivity index (χ1n) is 10.3. The van der Waals surface area contributed by atoms with Crippen LogP contribution in [0, 0.1) is 23.7 Å². The van der Waals surface area contributed by atoms with Gasteiger partial charge in [-0.1, -0.05) is 84.5 Å². The lowest BCUT2D eigenvalue weighted by atomic mass is 9.68. The smallest absolute Gasteiger partial charge is 0.0386 e. The molecule has 0 unspecified atom stereocenters. The second kappa shape index (κ2) is 9.90. The van der Waals surface area contributed by atoms with E-state index in [0.29, 0.717) is 0 Å². The molecule has 0 aromatic heterocycles. The first-order valence-corrected chi connectivity index (χ1v) is 10.3. The Balaban J connectivity index is 1.59. The molecule has 0 saturated heterocycles. The molecular formula is C21H40. The summed E-state index contributed by atoms with van der Waals surface area (Å²) in [5, 5.41) is 0.